The van der Waals surface area contributed by atoms with Gasteiger partial charge in [0.15, 0.2) is 5.69 Å². The Bertz CT molecular complexity index is 889. The molecule has 0 bridgehead atoms. The molecule has 0 amide bonds. The molecule has 1 aromatic heterocycles. The predicted molar refractivity (Wildman–Crippen MR) is 97.7 cm³/mol. The zero-order valence-corrected chi connectivity index (χ0v) is 15.4. The molecular formula is C19H18ClF2N3O. The van der Waals surface area contributed by atoms with Crippen molar-refractivity contribution in [2.45, 2.75) is 38.2 Å². The van der Waals surface area contributed by atoms with E-state index in [0.29, 0.717) is 17.1 Å². The molecule has 0 aliphatic carbocycles. The van der Waals surface area contributed by atoms with Gasteiger partial charge in [-0.2, -0.15) is 0 Å². The Labute approximate surface area is 156 Å². The molecule has 0 spiro atoms. The van der Waals surface area contributed by atoms with Gasteiger partial charge in [0.1, 0.15) is 11.2 Å². The number of nitrogens with zero attached hydrogens (tertiary/aromatic N) is 2. The first-order valence-electron chi connectivity index (χ1n) is 8.13. The summed E-state index contributed by atoms with van der Waals surface area (Å²) in [6, 6.07) is 6.19. The van der Waals surface area contributed by atoms with Gasteiger partial charge < -0.3 is 10.1 Å². The fourth-order valence-corrected chi connectivity index (χ4v) is 3.41. The van der Waals surface area contributed by atoms with Crippen LogP contribution in [0.1, 0.15) is 31.9 Å². The summed E-state index contributed by atoms with van der Waals surface area (Å²) in [6.45, 7) is 11.4. The summed E-state index contributed by atoms with van der Waals surface area (Å²) < 4.78 is 36.0. The highest BCUT2D eigenvalue weighted by molar-refractivity contribution is 6.30. The van der Waals surface area contributed by atoms with Crippen molar-refractivity contribution in [1.82, 2.24) is 4.98 Å². The largest absolute Gasteiger partial charge is 0.377 e. The second-order valence-electron chi connectivity index (χ2n) is 6.67. The van der Waals surface area contributed by atoms with Gasteiger partial charge in [0.2, 0.25) is 0 Å². The minimum absolute atomic E-state index is 0.243. The van der Waals surface area contributed by atoms with E-state index in [4.69, 9.17) is 22.9 Å². The summed E-state index contributed by atoms with van der Waals surface area (Å²) in [5.41, 5.74) is -0.495. The molecule has 4 nitrogen and oxygen atoms in total. The summed E-state index contributed by atoms with van der Waals surface area (Å²) in [4.78, 5) is 7.59. The number of benzene rings is 1. The number of nitrogens with one attached hydrogen (secondary N) is 1. The maximum atomic E-state index is 15.2. The Morgan fingerprint density at radius 3 is 2.69 bits per heavy atom. The van der Waals surface area contributed by atoms with E-state index in [1.807, 2.05) is 0 Å². The van der Waals surface area contributed by atoms with Crippen molar-refractivity contribution in [3.05, 3.63) is 58.0 Å². The molecule has 136 valence electrons. The highest BCUT2D eigenvalue weighted by Gasteiger charge is 2.57. The van der Waals surface area contributed by atoms with Crippen LogP contribution in [0.25, 0.3) is 4.85 Å². The molecule has 7 heteroatoms. The maximum Gasteiger partial charge on any atom is 0.261 e. The van der Waals surface area contributed by atoms with E-state index in [9.17, 15) is 0 Å². The van der Waals surface area contributed by atoms with Crippen molar-refractivity contribution in [2.75, 3.05) is 11.9 Å². The number of alkyl halides is 2. The van der Waals surface area contributed by atoms with Crippen molar-refractivity contribution in [1.29, 1.82) is 0 Å². The quantitative estimate of drug-likeness (QED) is 0.693. The lowest BCUT2D eigenvalue weighted by Gasteiger charge is -2.44. The summed E-state index contributed by atoms with van der Waals surface area (Å²) in [5.74, 6) is -2.88. The summed E-state index contributed by atoms with van der Waals surface area (Å²) in [7, 11) is 0. The zero-order valence-electron chi connectivity index (χ0n) is 14.6. The van der Waals surface area contributed by atoms with Crippen LogP contribution in [0.2, 0.25) is 5.02 Å². The van der Waals surface area contributed by atoms with Gasteiger partial charge in [-0.05, 0) is 31.5 Å². The van der Waals surface area contributed by atoms with Crippen molar-refractivity contribution in [3.63, 3.8) is 0 Å². The van der Waals surface area contributed by atoms with E-state index in [1.165, 1.54) is 18.3 Å². The second-order valence-corrected chi connectivity index (χ2v) is 7.11. The lowest BCUT2D eigenvalue weighted by Crippen LogP contribution is -2.50. The van der Waals surface area contributed by atoms with E-state index in [1.54, 1.807) is 26.0 Å². The molecule has 1 atom stereocenters. The Morgan fingerprint density at radius 1 is 1.35 bits per heavy atom. The third kappa shape index (κ3) is 2.91. The van der Waals surface area contributed by atoms with Gasteiger partial charge in [0.25, 0.3) is 5.92 Å². The molecule has 1 N–H and O–H groups in total. The average molecular weight is 378 g/mol. The van der Waals surface area contributed by atoms with Crippen LogP contribution >= 0.6 is 11.6 Å². The van der Waals surface area contributed by atoms with Crippen LogP contribution in [0.5, 0.6) is 0 Å². The first-order valence-corrected chi connectivity index (χ1v) is 8.51. The first kappa shape index (κ1) is 18.6. The molecule has 0 saturated carbocycles. The molecule has 1 aliphatic rings. The number of aromatic nitrogens is 1. The monoisotopic (exact) mass is 377 g/mol. The number of halogens is 3. The maximum absolute atomic E-state index is 15.2. The van der Waals surface area contributed by atoms with E-state index < -0.39 is 11.3 Å². The van der Waals surface area contributed by atoms with E-state index in [2.05, 4.69) is 15.1 Å². The van der Waals surface area contributed by atoms with Crippen LogP contribution in [0.3, 0.4) is 0 Å². The van der Waals surface area contributed by atoms with Crippen LogP contribution in [0, 0.1) is 6.57 Å². The van der Waals surface area contributed by atoms with Crippen LogP contribution in [-0.2, 0) is 10.2 Å². The summed E-state index contributed by atoms with van der Waals surface area (Å²) in [5, 5.41) is 3.33. The third-order valence-electron chi connectivity index (χ3n) is 4.54. The topological polar surface area (TPSA) is 38.5 Å². The van der Waals surface area contributed by atoms with E-state index >= 15 is 8.78 Å². The van der Waals surface area contributed by atoms with Gasteiger partial charge in [0.05, 0.1) is 24.3 Å². The van der Waals surface area contributed by atoms with Crippen molar-refractivity contribution >= 4 is 28.8 Å². The molecule has 0 saturated heterocycles. The number of pyridine rings is 1. The van der Waals surface area contributed by atoms with E-state index in [0.717, 1.165) is 6.92 Å². The van der Waals surface area contributed by atoms with E-state index in [-0.39, 0.29) is 29.0 Å². The van der Waals surface area contributed by atoms with Crippen molar-refractivity contribution in [3.8, 4) is 0 Å². The number of hydrogen-bond acceptors (Lipinski definition) is 3. The fraction of sp³-hybridized carbons (Fsp3) is 0.368. The first-order chi connectivity index (χ1) is 12.2. The van der Waals surface area contributed by atoms with Crippen LogP contribution < -0.4 is 5.32 Å². The minimum Gasteiger partial charge on any atom is -0.377 e. The number of fused-ring (bicyclic) bond motifs is 2. The molecule has 1 aromatic carbocycles. The molecule has 2 heterocycles. The minimum atomic E-state index is -3.19. The molecule has 0 fully saturated rings. The molecule has 1 aliphatic heterocycles. The number of anilines is 2. The fourth-order valence-electron chi connectivity index (χ4n) is 3.25. The Hall–Kier alpha value is -2.23. The highest BCUT2D eigenvalue weighted by Crippen LogP contribution is 2.54. The standard InChI is InChI=1S/C19H18ClF2N3O/c1-11(2)26-10-19(18(3,21)22)14-8-13(23-4)5-6-16(14)25-17-15(19)7-12(20)9-24-17/h5-9,11H,10H2,1-3H3,(H,24,25). The van der Waals surface area contributed by atoms with Crippen molar-refractivity contribution in [2.24, 2.45) is 0 Å². The van der Waals surface area contributed by atoms with Gasteiger partial charge in [-0.3, -0.25) is 0 Å². The Morgan fingerprint density at radius 2 is 2.08 bits per heavy atom. The van der Waals surface area contributed by atoms with Gasteiger partial charge in [-0.25, -0.2) is 18.6 Å². The zero-order chi connectivity index (χ0) is 19.1. The summed E-state index contributed by atoms with van der Waals surface area (Å²) in [6.07, 6.45) is 1.17. The van der Waals surface area contributed by atoms with Gasteiger partial charge in [-0.1, -0.05) is 23.7 Å². The van der Waals surface area contributed by atoms with Gasteiger partial charge >= 0.3 is 0 Å². The molecule has 2 aromatic rings. The molecule has 1 unspecified atom stereocenters. The van der Waals surface area contributed by atoms with Crippen LogP contribution in [-0.4, -0.2) is 23.6 Å². The highest BCUT2D eigenvalue weighted by atomic mass is 35.5. The Balaban J connectivity index is 2.36. The lowest BCUT2D eigenvalue weighted by molar-refractivity contribution is -0.0867. The van der Waals surface area contributed by atoms with Crippen LogP contribution in [0.15, 0.2) is 30.5 Å². The molecule has 3 rings (SSSR count). The van der Waals surface area contributed by atoms with Gasteiger partial charge in [-0.15, -0.1) is 0 Å². The predicted octanol–water partition coefficient (Wildman–Crippen LogP) is 5.71. The number of ether oxygens (including phenoxy) is 1. The lowest BCUT2D eigenvalue weighted by atomic mass is 9.68. The normalized spacial score (nSPS) is 18.7. The van der Waals surface area contributed by atoms with Crippen LogP contribution in [0.4, 0.5) is 26.0 Å². The third-order valence-corrected chi connectivity index (χ3v) is 4.75. The average Bonchev–Trinajstić information content (AvgIpc) is 2.57. The number of rotatable bonds is 4. The number of hydrogen-bond donors (Lipinski definition) is 1. The molecule has 0 radical (unpaired) electrons. The summed E-state index contributed by atoms with van der Waals surface area (Å²) >= 11 is 6.08. The second kappa shape index (κ2) is 6.49. The van der Waals surface area contributed by atoms with Gasteiger partial charge in [0, 0.05) is 24.4 Å². The Kier molecular flexibility index (Phi) is 4.63. The SMILES string of the molecule is [C-]#[N+]c1ccc2c(c1)C(COC(C)C)(C(C)(F)F)c1cc(Cl)cnc1N2. The smallest absolute Gasteiger partial charge is 0.261 e. The molecular weight excluding hydrogens is 360 g/mol. The van der Waals surface area contributed by atoms with Crippen molar-refractivity contribution < 1.29 is 13.5 Å². The molecule has 26 heavy (non-hydrogen) atoms.